The first-order chi connectivity index (χ1) is 9.15. The molecule has 7 heteroatoms. The zero-order valence-electron chi connectivity index (χ0n) is 9.84. The van der Waals surface area contributed by atoms with Crippen molar-refractivity contribution in [2.75, 3.05) is 16.8 Å². The predicted molar refractivity (Wildman–Crippen MR) is 77.3 cm³/mol. The molecular weight excluding hydrogens is 284 g/mol. The Hall–Kier alpha value is -1.79. The summed E-state index contributed by atoms with van der Waals surface area (Å²) in [6.07, 6.45) is 3.07. The summed E-state index contributed by atoms with van der Waals surface area (Å²) in [7, 11) is 0. The third kappa shape index (κ3) is 4.11. The van der Waals surface area contributed by atoms with Crippen LogP contribution in [0.2, 0.25) is 5.02 Å². The van der Waals surface area contributed by atoms with Gasteiger partial charge in [-0.15, -0.1) is 0 Å². The Morgan fingerprint density at radius 3 is 2.95 bits per heavy atom. The van der Waals surface area contributed by atoms with Gasteiger partial charge in [0.15, 0.2) is 0 Å². The van der Waals surface area contributed by atoms with E-state index >= 15 is 0 Å². The molecule has 0 radical (unpaired) electrons. The molecule has 0 saturated carbocycles. The number of amides is 1. The van der Waals surface area contributed by atoms with Crippen molar-refractivity contribution in [3.05, 3.63) is 41.8 Å². The van der Waals surface area contributed by atoms with Gasteiger partial charge >= 0.3 is 0 Å². The van der Waals surface area contributed by atoms with Gasteiger partial charge in [-0.2, -0.15) is 0 Å². The van der Waals surface area contributed by atoms with Crippen molar-refractivity contribution in [2.24, 2.45) is 0 Å². The van der Waals surface area contributed by atoms with Gasteiger partial charge in [-0.25, -0.2) is 9.97 Å². The van der Waals surface area contributed by atoms with Crippen molar-refractivity contribution >= 4 is 40.6 Å². The van der Waals surface area contributed by atoms with Crippen molar-refractivity contribution in [3.8, 4) is 0 Å². The molecule has 1 heterocycles. The Kier molecular flexibility index (Phi) is 4.59. The number of carbonyl (C=O) groups is 1. The van der Waals surface area contributed by atoms with E-state index in [1.54, 1.807) is 30.5 Å². The van der Waals surface area contributed by atoms with Crippen LogP contribution < -0.4 is 11.1 Å². The van der Waals surface area contributed by atoms with Crippen LogP contribution in [-0.2, 0) is 4.79 Å². The average molecular weight is 295 g/mol. The number of anilines is 2. The van der Waals surface area contributed by atoms with Gasteiger partial charge in [-0.1, -0.05) is 23.4 Å². The van der Waals surface area contributed by atoms with Gasteiger partial charge in [-0.05, 0) is 24.3 Å². The molecule has 2 aromatic rings. The van der Waals surface area contributed by atoms with Gasteiger partial charge in [-0.3, -0.25) is 4.79 Å². The molecule has 0 bridgehead atoms. The first-order valence-corrected chi connectivity index (χ1v) is 6.75. The van der Waals surface area contributed by atoms with E-state index in [1.807, 2.05) is 0 Å². The smallest absolute Gasteiger partial charge is 0.234 e. The van der Waals surface area contributed by atoms with Crippen LogP contribution in [0.15, 0.2) is 41.8 Å². The number of nitrogen functional groups attached to an aromatic ring is 1. The van der Waals surface area contributed by atoms with Crippen LogP contribution in [-0.4, -0.2) is 21.6 Å². The molecule has 0 aliphatic carbocycles. The first-order valence-electron chi connectivity index (χ1n) is 5.39. The molecule has 0 fully saturated rings. The second-order valence-corrected chi connectivity index (χ2v) is 5.03. The molecule has 0 atom stereocenters. The van der Waals surface area contributed by atoms with Crippen LogP contribution in [0.1, 0.15) is 0 Å². The minimum Gasteiger partial charge on any atom is -0.399 e. The molecule has 0 spiro atoms. The van der Waals surface area contributed by atoms with Crippen LogP contribution in [0, 0.1) is 0 Å². The molecule has 2 rings (SSSR count). The van der Waals surface area contributed by atoms with Gasteiger partial charge in [0.05, 0.1) is 21.5 Å². The zero-order valence-corrected chi connectivity index (χ0v) is 11.4. The molecule has 19 heavy (non-hydrogen) atoms. The van der Waals surface area contributed by atoms with Crippen LogP contribution in [0.5, 0.6) is 0 Å². The minimum absolute atomic E-state index is 0.157. The van der Waals surface area contributed by atoms with Gasteiger partial charge < -0.3 is 11.1 Å². The second-order valence-electron chi connectivity index (χ2n) is 3.62. The molecule has 1 aromatic heterocycles. The number of nitrogens with one attached hydrogen (secondary N) is 1. The number of rotatable bonds is 4. The van der Waals surface area contributed by atoms with E-state index < -0.39 is 0 Å². The number of thioether (sulfide) groups is 1. The Morgan fingerprint density at radius 2 is 2.26 bits per heavy atom. The highest BCUT2D eigenvalue weighted by Gasteiger charge is 2.07. The SMILES string of the molecule is Nc1ccc(NC(=O)CSc2ccncn2)c(Cl)c1. The lowest BCUT2D eigenvalue weighted by molar-refractivity contribution is -0.113. The van der Waals surface area contributed by atoms with E-state index in [0.29, 0.717) is 16.4 Å². The molecule has 0 saturated heterocycles. The topological polar surface area (TPSA) is 80.9 Å². The lowest BCUT2D eigenvalue weighted by atomic mass is 10.3. The number of nitrogens with two attached hydrogens (primary N) is 1. The van der Waals surface area contributed by atoms with Crippen LogP contribution >= 0.6 is 23.4 Å². The monoisotopic (exact) mass is 294 g/mol. The third-order valence-electron chi connectivity index (χ3n) is 2.17. The number of nitrogens with zero attached hydrogens (tertiary/aromatic N) is 2. The van der Waals surface area contributed by atoms with E-state index in [1.165, 1.54) is 18.1 Å². The van der Waals surface area contributed by atoms with Crippen molar-refractivity contribution in [3.63, 3.8) is 0 Å². The molecule has 3 N–H and O–H groups in total. The van der Waals surface area contributed by atoms with Crippen LogP contribution in [0.4, 0.5) is 11.4 Å². The van der Waals surface area contributed by atoms with Gasteiger partial charge in [0, 0.05) is 11.9 Å². The highest BCUT2D eigenvalue weighted by atomic mass is 35.5. The van der Waals surface area contributed by atoms with Gasteiger partial charge in [0.25, 0.3) is 0 Å². The fourth-order valence-corrected chi connectivity index (χ4v) is 2.19. The molecule has 0 unspecified atom stereocenters. The summed E-state index contributed by atoms with van der Waals surface area (Å²) in [4.78, 5) is 19.6. The van der Waals surface area contributed by atoms with Crippen LogP contribution in [0.25, 0.3) is 0 Å². The Balaban J connectivity index is 1.91. The molecule has 0 aliphatic rings. The maximum absolute atomic E-state index is 11.8. The normalized spacial score (nSPS) is 10.2. The van der Waals surface area contributed by atoms with E-state index in [9.17, 15) is 4.79 Å². The first kappa shape index (κ1) is 13.6. The summed E-state index contributed by atoms with van der Waals surface area (Å²) < 4.78 is 0. The average Bonchev–Trinajstić information content (AvgIpc) is 2.41. The molecule has 98 valence electrons. The second kappa shape index (κ2) is 6.40. The number of hydrogen-bond acceptors (Lipinski definition) is 5. The summed E-state index contributed by atoms with van der Waals surface area (Å²) in [5.74, 6) is 0.0906. The predicted octanol–water partition coefficient (Wildman–Crippen LogP) is 2.44. The largest absolute Gasteiger partial charge is 0.399 e. The lowest BCUT2D eigenvalue weighted by Crippen LogP contribution is -2.14. The maximum Gasteiger partial charge on any atom is 0.234 e. The van der Waals surface area contributed by atoms with E-state index in [-0.39, 0.29) is 11.7 Å². The summed E-state index contributed by atoms with van der Waals surface area (Å²) in [5.41, 5.74) is 6.68. The quantitative estimate of drug-likeness (QED) is 0.514. The summed E-state index contributed by atoms with van der Waals surface area (Å²) in [5, 5.41) is 3.88. The van der Waals surface area contributed by atoms with E-state index in [4.69, 9.17) is 17.3 Å². The van der Waals surface area contributed by atoms with Crippen molar-refractivity contribution in [1.82, 2.24) is 9.97 Å². The fourth-order valence-electron chi connectivity index (χ4n) is 1.32. The van der Waals surface area contributed by atoms with E-state index in [0.717, 1.165) is 5.03 Å². The molecular formula is C12H11ClN4OS. The molecule has 1 aromatic carbocycles. The summed E-state index contributed by atoms with van der Waals surface area (Å²) in [6.45, 7) is 0. The fraction of sp³-hybridized carbons (Fsp3) is 0.0833. The lowest BCUT2D eigenvalue weighted by Gasteiger charge is -2.07. The van der Waals surface area contributed by atoms with E-state index in [2.05, 4.69) is 15.3 Å². The number of hydrogen-bond donors (Lipinski definition) is 2. The van der Waals surface area contributed by atoms with Crippen LogP contribution in [0.3, 0.4) is 0 Å². The summed E-state index contributed by atoms with van der Waals surface area (Å²) in [6, 6.07) is 6.69. The Bertz CT molecular complexity index is 579. The third-order valence-corrected chi connectivity index (χ3v) is 3.43. The Morgan fingerprint density at radius 1 is 1.42 bits per heavy atom. The number of carbonyl (C=O) groups excluding carboxylic acids is 1. The maximum atomic E-state index is 11.8. The Labute approximate surface area is 119 Å². The van der Waals surface area contributed by atoms with Crippen molar-refractivity contribution in [2.45, 2.75) is 5.03 Å². The molecule has 5 nitrogen and oxygen atoms in total. The van der Waals surface area contributed by atoms with Crippen molar-refractivity contribution in [1.29, 1.82) is 0 Å². The zero-order chi connectivity index (χ0) is 13.7. The number of halogens is 1. The van der Waals surface area contributed by atoms with Gasteiger partial charge in [0.2, 0.25) is 5.91 Å². The number of benzene rings is 1. The number of aromatic nitrogens is 2. The van der Waals surface area contributed by atoms with Crippen molar-refractivity contribution < 1.29 is 4.79 Å². The highest BCUT2D eigenvalue weighted by molar-refractivity contribution is 7.99. The highest BCUT2D eigenvalue weighted by Crippen LogP contribution is 2.24. The summed E-state index contributed by atoms with van der Waals surface area (Å²) >= 11 is 7.29. The van der Waals surface area contributed by atoms with Gasteiger partial charge in [0.1, 0.15) is 6.33 Å². The molecule has 1 amide bonds. The molecule has 0 aliphatic heterocycles. The standard InChI is InChI=1S/C12H11ClN4OS/c13-9-5-8(14)1-2-10(9)17-11(18)6-19-12-3-4-15-7-16-12/h1-5,7H,6,14H2,(H,17,18). The minimum atomic E-state index is -0.157.